The van der Waals surface area contributed by atoms with Crippen molar-refractivity contribution in [1.29, 1.82) is 0 Å². The maximum absolute atomic E-state index is 13.8. The molecule has 2 aromatic rings. The molecular formula is C18H18FNO5. The fraction of sp³-hybridized carbons (Fsp3) is 0.222. The minimum atomic E-state index is -0.686. The van der Waals surface area contributed by atoms with E-state index in [9.17, 15) is 14.0 Å². The number of hydrogen-bond acceptors (Lipinski definition) is 5. The van der Waals surface area contributed by atoms with E-state index in [-0.39, 0.29) is 31.1 Å². The SMILES string of the molecule is COC(=O)c1ccc(OCCNC(=O)OCc2ccccc2)c(F)c1. The summed E-state index contributed by atoms with van der Waals surface area (Å²) in [5.41, 5.74) is 0.969. The van der Waals surface area contributed by atoms with Gasteiger partial charge in [-0.3, -0.25) is 0 Å². The predicted octanol–water partition coefficient (Wildman–Crippen LogP) is 2.92. The number of ether oxygens (including phenoxy) is 3. The van der Waals surface area contributed by atoms with Crippen molar-refractivity contribution in [2.75, 3.05) is 20.3 Å². The molecule has 2 rings (SSSR count). The first kappa shape index (κ1) is 18.3. The Bertz CT molecular complexity index is 721. The molecule has 6 nitrogen and oxygen atoms in total. The molecule has 2 aromatic carbocycles. The molecular weight excluding hydrogens is 329 g/mol. The minimum Gasteiger partial charge on any atom is -0.489 e. The van der Waals surface area contributed by atoms with E-state index in [0.717, 1.165) is 11.6 Å². The molecule has 0 aliphatic carbocycles. The molecule has 0 aliphatic heterocycles. The van der Waals surface area contributed by atoms with Crippen LogP contribution in [0.15, 0.2) is 48.5 Å². The summed E-state index contributed by atoms with van der Waals surface area (Å²) in [6, 6.07) is 13.0. The fourth-order valence-corrected chi connectivity index (χ4v) is 1.95. The number of halogens is 1. The van der Waals surface area contributed by atoms with E-state index in [1.807, 2.05) is 30.3 Å². The second-order valence-electron chi connectivity index (χ2n) is 4.97. The molecule has 7 heteroatoms. The largest absolute Gasteiger partial charge is 0.489 e. The van der Waals surface area contributed by atoms with Gasteiger partial charge in [0.15, 0.2) is 11.6 Å². The summed E-state index contributed by atoms with van der Waals surface area (Å²) in [6.45, 7) is 0.359. The lowest BCUT2D eigenvalue weighted by Crippen LogP contribution is -2.28. The quantitative estimate of drug-likeness (QED) is 0.616. The summed E-state index contributed by atoms with van der Waals surface area (Å²) in [5, 5.41) is 2.50. The number of amides is 1. The Morgan fingerprint density at radius 2 is 1.88 bits per heavy atom. The van der Waals surface area contributed by atoms with Crippen LogP contribution < -0.4 is 10.1 Å². The molecule has 0 aliphatic rings. The monoisotopic (exact) mass is 347 g/mol. The second kappa shape index (κ2) is 9.27. The molecule has 1 N–H and O–H groups in total. The third-order valence-corrected chi connectivity index (χ3v) is 3.19. The first-order valence-electron chi connectivity index (χ1n) is 7.55. The Balaban J connectivity index is 1.70. The second-order valence-corrected chi connectivity index (χ2v) is 4.97. The zero-order valence-corrected chi connectivity index (χ0v) is 13.7. The Morgan fingerprint density at radius 1 is 1.12 bits per heavy atom. The topological polar surface area (TPSA) is 73.9 Å². The zero-order chi connectivity index (χ0) is 18.1. The highest BCUT2D eigenvalue weighted by atomic mass is 19.1. The summed E-state index contributed by atoms with van der Waals surface area (Å²) in [5.74, 6) is -1.34. The molecule has 1 amide bonds. The number of methoxy groups -OCH3 is 1. The number of benzene rings is 2. The van der Waals surface area contributed by atoms with Crippen molar-refractivity contribution in [3.05, 3.63) is 65.5 Å². The van der Waals surface area contributed by atoms with Gasteiger partial charge in [0.05, 0.1) is 19.2 Å². The lowest BCUT2D eigenvalue weighted by atomic mass is 10.2. The number of rotatable bonds is 7. The Kier molecular flexibility index (Phi) is 6.76. The molecule has 132 valence electrons. The van der Waals surface area contributed by atoms with Crippen molar-refractivity contribution in [3.63, 3.8) is 0 Å². The molecule has 0 unspecified atom stereocenters. The standard InChI is InChI=1S/C18H18FNO5/c1-23-17(21)14-7-8-16(15(19)11-14)24-10-9-20-18(22)25-12-13-5-3-2-4-6-13/h2-8,11H,9-10,12H2,1H3,(H,20,22). The van der Waals surface area contributed by atoms with Gasteiger partial charge < -0.3 is 19.5 Å². The van der Waals surface area contributed by atoms with Gasteiger partial charge in [-0.2, -0.15) is 0 Å². The van der Waals surface area contributed by atoms with Crippen molar-refractivity contribution >= 4 is 12.1 Å². The molecule has 0 atom stereocenters. The lowest BCUT2D eigenvalue weighted by molar-refractivity contribution is 0.0600. The number of hydrogen-bond donors (Lipinski definition) is 1. The molecule has 25 heavy (non-hydrogen) atoms. The predicted molar refractivity (Wildman–Crippen MR) is 87.9 cm³/mol. The summed E-state index contributed by atoms with van der Waals surface area (Å²) >= 11 is 0. The van der Waals surface area contributed by atoms with Gasteiger partial charge in [-0.1, -0.05) is 30.3 Å². The van der Waals surface area contributed by atoms with Gasteiger partial charge in [-0.05, 0) is 23.8 Å². The van der Waals surface area contributed by atoms with Crippen LogP contribution in [0.2, 0.25) is 0 Å². The van der Waals surface area contributed by atoms with Crippen LogP contribution >= 0.6 is 0 Å². The van der Waals surface area contributed by atoms with Crippen molar-refractivity contribution in [3.8, 4) is 5.75 Å². The van der Waals surface area contributed by atoms with E-state index in [0.29, 0.717) is 0 Å². The Morgan fingerprint density at radius 3 is 2.56 bits per heavy atom. The maximum Gasteiger partial charge on any atom is 0.407 e. The first-order valence-corrected chi connectivity index (χ1v) is 7.55. The van der Waals surface area contributed by atoms with Crippen molar-refractivity contribution in [2.45, 2.75) is 6.61 Å². The average Bonchev–Trinajstić information content (AvgIpc) is 2.64. The Hall–Kier alpha value is -3.09. The van der Waals surface area contributed by atoms with Crippen LogP contribution in [-0.2, 0) is 16.1 Å². The van der Waals surface area contributed by atoms with Crippen LogP contribution in [0.3, 0.4) is 0 Å². The van der Waals surface area contributed by atoms with E-state index in [1.54, 1.807) is 0 Å². The van der Waals surface area contributed by atoms with E-state index < -0.39 is 17.9 Å². The molecule has 0 fully saturated rings. The van der Waals surface area contributed by atoms with Crippen LogP contribution in [-0.4, -0.2) is 32.3 Å². The highest BCUT2D eigenvalue weighted by Crippen LogP contribution is 2.18. The third-order valence-electron chi connectivity index (χ3n) is 3.19. The van der Waals surface area contributed by atoms with Gasteiger partial charge in [0.2, 0.25) is 0 Å². The molecule has 0 spiro atoms. The van der Waals surface area contributed by atoms with Crippen molar-refractivity contribution in [2.24, 2.45) is 0 Å². The molecule has 0 bridgehead atoms. The normalized spacial score (nSPS) is 10.0. The third kappa shape index (κ3) is 5.80. The lowest BCUT2D eigenvalue weighted by Gasteiger charge is -2.10. The zero-order valence-electron chi connectivity index (χ0n) is 13.7. The smallest absolute Gasteiger partial charge is 0.407 e. The van der Waals surface area contributed by atoms with Crippen molar-refractivity contribution in [1.82, 2.24) is 5.32 Å². The van der Waals surface area contributed by atoms with E-state index in [1.165, 1.54) is 19.2 Å². The number of carbonyl (C=O) groups excluding carboxylic acids is 2. The summed E-state index contributed by atoms with van der Waals surface area (Å²) in [7, 11) is 1.22. The van der Waals surface area contributed by atoms with Crippen molar-refractivity contribution < 1.29 is 28.2 Å². The van der Waals surface area contributed by atoms with Crippen LogP contribution in [0.5, 0.6) is 5.75 Å². The highest BCUT2D eigenvalue weighted by molar-refractivity contribution is 5.89. The van der Waals surface area contributed by atoms with E-state index in [2.05, 4.69) is 10.1 Å². The molecule has 0 saturated carbocycles. The molecule has 0 radical (unpaired) electrons. The highest BCUT2D eigenvalue weighted by Gasteiger charge is 2.10. The van der Waals surface area contributed by atoms with Crippen LogP contribution in [0, 0.1) is 5.82 Å². The van der Waals surface area contributed by atoms with Gasteiger partial charge in [0, 0.05) is 0 Å². The van der Waals surface area contributed by atoms with Gasteiger partial charge in [-0.25, -0.2) is 14.0 Å². The van der Waals surface area contributed by atoms with Gasteiger partial charge in [-0.15, -0.1) is 0 Å². The average molecular weight is 347 g/mol. The van der Waals surface area contributed by atoms with Gasteiger partial charge >= 0.3 is 12.1 Å². The van der Waals surface area contributed by atoms with Crippen LogP contribution in [0.25, 0.3) is 0 Å². The minimum absolute atomic E-state index is 0.0212. The van der Waals surface area contributed by atoms with E-state index in [4.69, 9.17) is 9.47 Å². The van der Waals surface area contributed by atoms with Crippen LogP contribution in [0.4, 0.5) is 9.18 Å². The number of alkyl carbamates (subject to hydrolysis) is 1. The van der Waals surface area contributed by atoms with Crippen LogP contribution in [0.1, 0.15) is 15.9 Å². The fourth-order valence-electron chi connectivity index (χ4n) is 1.95. The Labute approximate surface area is 144 Å². The number of esters is 1. The molecule has 0 saturated heterocycles. The summed E-state index contributed by atoms with van der Waals surface area (Å²) in [6.07, 6.45) is -0.589. The van der Waals surface area contributed by atoms with Gasteiger partial charge in [0.1, 0.15) is 13.2 Å². The van der Waals surface area contributed by atoms with E-state index >= 15 is 0 Å². The van der Waals surface area contributed by atoms with Gasteiger partial charge in [0.25, 0.3) is 0 Å². The molecule has 0 heterocycles. The summed E-state index contributed by atoms with van der Waals surface area (Å²) in [4.78, 5) is 22.8. The maximum atomic E-state index is 13.8. The first-order chi connectivity index (χ1) is 12.1. The number of carbonyl (C=O) groups is 2. The number of nitrogens with one attached hydrogen (secondary N) is 1. The summed E-state index contributed by atoms with van der Waals surface area (Å²) < 4.78 is 28.5. The molecule has 0 aromatic heterocycles.